The zero-order valence-corrected chi connectivity index (χ0v) is 13.4. The van der Waals surface area contributed by atoms with Crippen molar-refractivity contribution < 1.29 is 0 Å². The molecule has 1 fully saturated rings. The Kier molecular flexibility index (Phi) is 5.41. The van der Waals surface area contributed by atoms with Crippen LogP contribution in [0.1, 0.15) is 46.2 Å². The lowest BCUT2D eigenvalue weighted by Gasteiger charge is -2.27. The van der Waals surface area contributed by atoms with E-state index < -0.39 is 0 Å². The molecule has 20 heavy (non-hydrogen) atoms. The van der Waals surface area contributed by atoms with E-state index in [1.54, 1.807) is 0 Å². The maximum absolute atomic E-state index is 4.49. The van der Waals surface area contributed by atoms with Crippen LogP contribution in [0.15, 0.2) is 18.3 Å². The summed E-state index contributed by atoms with van der Waals surface area (Å²) in [5.74, 6) is 1.38. The van der Waals surface area contributed by atoms with Gasteiger partial charge < -0.3 is 10.2 Å². The Balaban J connectivity index is 1.99. The normalized spacial score (nSPS) is 15.1. The van der Waals surface area contributed by atoms with E-state index in [4.69, 9.17) is 0 Å². The first kappa shape index (κ1) is 15.3. The van der Waals surface area contributed by atoms with Gasteiger partial charge in [0.25, 0.3) is 0 Å². The van der Waals surface area contributed by atoms with E-state index in [1.165, 1.54) is 18.5 Å². The predicted octanol–water partition coefficient (Wildman–Crippen LogP) is 3.45. The SMILES string of the molecule is CC(C)CNCc1cc(N(CC(C)C)C2CC2)ccn1. The zero-order chi connectivity index (χ0) is 14.5. The van der Waals surface area contributed by atoms with Gasteiger partial charge in [-0.1, -0.05) is 27.7 Å². The molecule has 1 N–H and O–H groups in total. The minimum atomic E-state index is 0.682. The molecule has 2 rings (SSSR count). The molecule has 0 unspecified atom stereocenters. The molecule has 1 aliphatic carbocycles. The fourth-order valence-electron chi connectivity index (χ4n) is 2.47. The largest absolute Gasteiger partial charge is 0.368 e. The summed E-state index contributed by atoms with van der Waals surface area (Å²) in [7, 11) is 0. The number of pyridine rings is 1. The molecule has 0 radical (unpaired) electrons. The van der Waals surface area contributed by atoms with Gasteiger partial charge in [-0.15, -0.1) is 0 Å². The van der Waals surface area contributed by atoms with Crippen molar-refractivity contribution in [3.63, 3.8) is 0 Å². The van der Waals surface area contributed by atoms with E-state index in [0.29, 0.717) is 11.8 Å². The first-order chi connectivity index (χ1) is 9.56. The van der Waals surface area contributed by atoms with Gasteiger partial charge >= 0.3 is 0 Å². The van der Waals surface area contributed by atoms with Crippen molar-refractivity contribution >= 4 is 5.69 Å². The lowest BCUT2D eigenvalue weighted by Crippen LogP contribution is -2.30. The third-order valence-corrected chi connectivity index (χ3v) is 3.54. The molecule has 0 bridgehead atoms. The van der Waals surface area contributed by atoms with Crippen molar-refractivity contribution in [3.8, 4) is 0 Å². The maximum atomic E-state index is 4.49. The summed E-state index contributed by atoms with van der Waals surface area (Å²) >= 11 is 0. The monoisotopic (exact) mass is 275 g/mol. The second-order valence-electron chi connectivity index (χ2n) is 6.81. The molecule has 1 heterocycles. The highest BCUT2D eigenvalue weighted by Crippen LogP contribution is 2.32. The van der Waals surface area contributed by atoms with Crippen molar-refractivity contribution in [2.75, 3.05) is 18.0 Å². The first-order valence-electron chi connectivity index (χ1n) is 7.98. The molecule has 0 aromatic carbocycles. The molecule has 0 aliphatic heterocycles. The Labute approximate surface area is 123 Å². The number of nitrogens with one attached hydrogen (secondary N) is 1. The van der Waals surface area contributed by atoms with Gasteiger partial charge in [-0.05, 0) is 43.4 Å². The van der Waals surface area contributed by atoms with Crippen LogP contribution < -0.4 is 10.2 Å². The summed E-state index contributed by atoms with van der Waals surface area (Å²) in [6.07, 6.45) is 4.64. The molecule has 3 heteroatoms. The van der Waals surface area contributed by atoms with Gasteiger partial charge in [0, 0.05) is 31.0 Å². The van der Waals surface area contributed by atoms with E-state index in [1.807, 2.05) is 6.20 Å². The number of aromatic nitrogens is 1. The molecule has 1 saturated carbocycles. The lowest BCUT2D eigenvalue weighted by molar-refractivity contribution is 0.548. The average Bonchev–Trinajstić information content (AvgIpc) is 3.20. The predicted molar refractivity (Wildman–Crippen MR) is 86.0 cm³/mol. The molecule has 3 nitrogen and oxygen atoms in total. The fraction of sp³-hybridized carbons (Fsp3) is 0.706. The summed E-state index contributed by atoms with van der Waals surface area (Å²) in [4.78, 5) is 7.06. The molecule has 0 atom stereocenters. The number of nitrogens with zero attached hydrogens (tertiary/aromatic N) is 2. The molecule has 1 aromatic rings. The van der Waals surface area contributed by atoms with Crippen molar-refractivity contribution in [2.45, 2.75) is 53.1 Å². The maximum Gasteiger partial charge on any atom is 0.0562 e. The van der Waals surface area contributed by atoms with Crippen LogP contribution in [-0.2, 0) is 6.54 Å². The highest BCUT2D eigenvalue weighted by molar-refractivity contribution is 5.49. The second-order valence-corrected chi connectivity index (χ2v) is 6.81. The number of rotatable bonds is 8. The molecule has 0 spiro atoms. The molecule has 0 saturated heterocycles. The van der Waals surface area contributed by atoms with Gasteiger partial charge in [0.05, 0.1) is 5.69 Å². The van der Waals surface area contributed by atoms with Gasteiger partial charge in [0.15, 0.2) is 0 Å². The minimum Gasteiger partial charge on any atom is -0.368 e. The summed E-state index contributed by atoms with van der Waals surface area (Å²) in [6, 6.07) is 5.18. The van der Waals surface area contributed by atoms with Crippen LogP contribution in [0, 0.1) is 11.8 Å². The number of anilines is 1. The molecule has 112 valence electrons. The molecular weight excluding hydrogens is 246 g/mol. The van der Waals surface area contributed by atoms with Gasteiger partial charge in [-0.2, -0.15) is 0 Å². The lowest BCUT2D eigenvalue weighted by atomic mass is 10.2. The smallest absolute Gasteiger partial charge is 0.0562 e. The highest BCUT2D eigenvalue weighted by atomic mass is 15.2. The second kappa shape index (κ2) is 7.07. The summed E-state index contributed by atoms with van der Waals surface area (Å²) in [6.45, 7) is 12.1. The van der Waals surface area contributed by atoms with Crippen molar-refractivity contribution in [1.82, 2.24) is 10.3 Å². The van der Waals surface area contributed by atoms with Crippen LogP contribution >= 0.6 is 0 Å². The van der Waals surface area contributed by atoms with E-state index in [2.05, 4.69) is 55.0 Å². The molecular formula is C17H29N3. The van der Waals surface area contributed by atoms with Crippen LogP contribution in [0.2, 0.25) is 0 Å². The summed E-state index contributed by atoms with van der Waals surface area (Å²) in [5, 5.41) is 3.47. The summed E-state index contributed by atoms with van der Waals surface area (Å²) in [5.41, 5.74) is 2.50. The summed E-state index contributed by atoms with van der Waals surface area (Å²) < 4.78 is 0. The number of hydrogen-bond donors (Lipinski definition) is 1. The van der Waals surface area contributed by atoms with E-state index >= 15 is 0 Å². The number of hydrogen-bond acceptors (Lipinski definition) is 3. The van der Waals surface area contributed by atoms with Gasteiger partial charge in [0.1, 0.15) is 0 Å². The van der Waals surface area contributed by atoms with Crippen molar-refractivity contribution in [1.29, 1.82) is 0 Å². The highest BCUT2D eigenvalue weighted by Gasteiger charge is 2.29. The molecule has 1 aliphatic rings. The Morgan fingerprint density at radius 3 is 2.60 bits per heavy atom. The van der Waals surface area contributed by atoms with E-state index in [-0.39, 0.29) is 0 Å². The Morgan fingerprint density at radius 2 is 2.00 bits per heavy atom. The Morgan fingerprint density at radius 1 is 1.25 bits per heavy atom. The van der Waals surface area contributed by atoms with Crippen LogP contribution in [-0.4, -0.2) is 24.1 Å². The average molecular weight is 275 g/mol. The zero-order valence-electron chi connectivity index (χ0n) is 13.4. The van der Waals surface area contributed by atoms with Crippen LogP contribution in [0.25, 0.3) is 0 Å². The quantitative estimate of drug-likeness (QED) is 0.787. The third-order valence-electron chi connectivity index (χ3n) is 3.54. The van der Waals surface area contributed by atoms with Crippen LogP contribution in [0.3, 0.4) is 0 Å². The van der Waals surface area contributed by atoms with Gasteiger partial charge in [-0.3, -0.25) is 4.98 Å². The fourth-order valence-corrected chi connectivity index (χ4v) is 2.47. The topological polar surface area (TPSA) is 28.2 Å². The standard InChI is InChI=1S/C17H29N3/c1-13(2)10-18-11-15-9-17(7-8-19-15)20(12-14(3)4)16-5-6-16/h7-9,13-14,16,18H,5-6,10-12H2,1-4H3. The van der Waals surface area contributed by atoms with Crippen LogP contribution in [0.4, 0.5) is 5.69 Å². The third kappa shape index (κ3) is 4.78. The Bertz CT molecular complexity index is 410. The van der Waals surface area contributed by atoms with Gasteiger partial charge in [0.2, 0.25) is 0 Å². The Hall–Kier alpha value is -1.09. The minimum absolute atomic E-state index is 0.682. The molecule has 1 aromatic heterocycles. The van der Waals surface area contributed by atoms with Crippen molar-refractivity contribution in [3.05, 3.63) is 24.0 Å². The van der Waals surface area contributed by atoms with Crippen LogP contribution in [0.5, 0.6) is 0 Å². The van der Waals surface area contributed by atoms with E-state index in [9.17, 15) is 0 Å². The molecule has 0 amide bonds. The first-order valence-corrected chi connectivity index (χ1v) is 7.98. The van der Waals surface area contributed by atoms with Crippen molar-refractivity contribution in [2.24, 2.45) is 11.8 Å². The van der Waals surface area contributed by atoms with Gasteiger partial charge in [-0.25, -0.2) is 0 Å². The van der Waals surface area contributed by atoms with E-state index in [0.717, 1.165) is 31.4 Å².